The van der Waals surface area contributed by atoms with E-state index >= 15 is 0 Å². The molecule has 0 radical (unpaired) electrons. The first kappa shape index (κ1) is 30.5. The zero-order valence-electron chi connectivity index (χ0n) is 23.7. The molecule has 1 aliphatic rings. The third kappa shape index (κ3) is 7.72. The Balaban J connectivity index is 1.21. The Kier molecular flexibility index (Phi) is 9.14. The molecule has 5 rings (SSSR count). The van der Waals surface area contributed by atoms with Crippen LogP contribution in [0.2, 0.25) is 0 Å². The molecule has 13 heteroatoms. The molecule has 3 aromatic carbocycles. The van der Waals surface area contributed by atoms with E-state index in [1.54, 1.807) is 36.4 Å². The van der Waals surface area contributed by atoms with Gasteiger partial charge in [-0.1, -0.05) is 55.4 Å². The van der Waals surface area contributed by atoms with Crippen molar-refractivity contribution < 1.29 is 27.5 Å². The molecule has 1 aromatic heterocycles. The van der Waals surface area contributed by atoms with Crippen molar-refractivity contribution in [1.82, 2.24) is 14.8 Å². The molecular formula is C31H27F3N6O3S. The summed E-state index contributed by atoms with van der Waals surface area (Å²) in [5, 5.41) is 7.40. The molecular weight excluding hydrogens is 593 g/mol. The van der Waals surface area contributed by atoms with Gasteiger partial charge in [0.2, 0.25) is 5.91 Å². The zero-order valence-corrected chi connectivity index (χ0v) is 24.5. The summed E-state index contributed by atoms with van der Waals surface area (Å²) in [6.07, 6.45) is 1.87. The molecule has 44 heavy (non-hydrogen) atoms. The van der Waals surface area contributed by atoms with Crippen molar-refractivity contribution in [3.05, 3.63) is 95.6 Å². The second-order valence-corrected chi connectivity index (χ2v) is 10.7. The molecule has 0 saturated carbocycles. The van der Waals surface area contributed by atoms with Crippen LogP contribution in [0.5, 0.6) is 5.75 Å². The molecule has 2 heterocycles. The SMILES string of the molecule is CCCc1ccc(C)cc1N1C(=O)CSC1=NC(=O)Nc1ccc(/C=C/c2ncn(-c3ccc(OC(F)(F)F)cc3)n2)cc1. The van der Waals surface area contributed by atoms with E-state index in [1.165, 1.54) is 51.9 Å². The first-order valence-electron chi connectivity index (χ1n) is 13.6. The van der Waals surface area contributed by atoms with Crippen LogP contribution in [0.25, 0.3) is 17.8 Å². The maximum atomic E-state index is 12.8. The fraction of sp³-hybridized carbons (Fsp3) is 0.194. The lowest BCUT2D eigenvalue weighted by molar-refractivity contribution is -0.274. The Labute approximate surface area is 255 Å². The molecule has 1 N–H and O–H groups in total. The number of nitrogens with zero attached hydrogens (tertiary/aromatic N) is 5. The largest absolute Gasteiger partial charge is 0.573 e. The monoisotopic (exact) mass is 620 g/mol. The maximum Gasteiger partial charge on any atom is 0.573 e. The van der Waals surface area contributed by atoms with Gasteiger partial charge < -0.3 is 10.1 Å². The number of aryl methyl sites for hydroxylation is 2. The number of nitrogens with one attached hydrogen (secondary N) is 1. The summed E-state index contributed by atoms with van der Waals surface area (Å²) in [5.74, 6) is 0.153. The van der Waals surface area contributed by atoms with E-state index in [0.29, 0.717) is 22.4 Å². The highest BCUT2D eigenvalue weighted by molar-refractivity contribution is 8.15. The number of anilines is 2. The highest BCUT2D eigenvalue weighted by Gasteiger charge is 2.32. The quantitative estimate of drug-likeness (QED) is 0.222. The lowest BCUT2D eigenvalue weighted by Gasteiger charge is -2.20. The molecule has 0 atom stereocenters. The van der Waals surface area contributed by atoms with E-state index in [0.717, 1.165) is 35.2 Å². The van der Waals surface area contributed by atoms with Gasteiger partial charge >= 0.3 is 12.4 Å². The van der Waals surface area contributed by atoms with E-state index in [4.69, 9.17) is 0 Å². The smallest absolute Gasteiger partial charge is 0.406 e. The van der Waals surface area contributed by atoms with E-state index in [2.05, 4.69) is 32.1 Å². The van der Waals surface area contributed by atoms with Crippen molar-refractivity contribution in [2.75, 3.05) is 16.0 Å². The minimum Gasteiger partial charge on any atom is -0.406 e. The summed E-state index contributed by atoms with van der Waals surface area (Å²) in [6.45, 7) is 4.03. The standard InChI is InChI=1S/C31H27F3N6O3S/c1-3-4-22-9-5-20(2)17-26(22)40-28(41)18-44-30(40)37-29(42)36-23-10-6-21(7-11-23)8-16-27-35-19-39(38-27)24-12-14-25(15-13-24)43-31(32,33)34/h5-17,19H,3-4,18H2,1-2H3,(H,36,42)/b16-8+,37-30?. The van der Waals surface area contributed by atoms with Gasteiger partial charge in [-0.3, -0.25) is 9.69 Å². The van der Waals surface area contributed by atoms with Gasteiger partial charge in [0.05, 0.1) is 17.1 Å². The van der Waals surface area contributed by atoms with Gasteiger partial charge in [0.25, 0.3) is 0 Å². The summed E-state index contributed by atoms with van der Waals surface area (Å²) in [6, 6.07) is 17.7. The lowest BCUT2D eigenvalue weighted by atomic mass is 10.0. The Morgan fingerprint density at radius 1 is 1.09 bits per heavy atom. The van der Waals surface area contributed by atoms with Gasteiger partial charge in [-0.25, -0.2) is 14.5 Å². The molecule has 0 spiro atoms. The van der Waals surface area contributed by atoms with Crippen LogP contribution in [-0.2, 0) is 11.2 Å². The number of alkyl halides is 3. The zero-order chi connectivity index (χ0) is 31.3. The number of carbonyl (C=O) groups is 2. The van der Waals surface area contributed by atoms with E-state index < -0.39 is 12.4 Å². The average molecular weight is 621 g/mol. The fourth-order valence-electron chi connectivity index (χ4n) is 4.41. The molecule has 3 amide bonds. The van der Waals surface area contributed by atoms with Gasteiger partial charge in [-0.15, -0.1) is 18.3 Å². The van der Waals surface area contributed by atoms with Crippen LogP contribution < -0.4 is 15.0 Å². The van der Waals surface area contributed by atoms with Gasteiger partial charge in [0, 0.05) is 5.69 Å². The third-order valence-corrected chi connectivity index (χ3v) is 7.32. The lowest BCUT2D eigenvalue weighted by Crippen LogP contribution is -2.31. The Morgan fingerprint density at radius 2 is 1.84 bits per heavy atom. The second kappa shape index (κ2) is 13.2. The van der Waals surface area contributed by atoms with E-state index in [1.807, 2.05) is 25.1 Å². The van der Waals surface area contributed by atoms with Gasteiger partial charge in [0.1, 0.15) is 12.1 Å². The minimum atomic E-state index is -4.76. The van der Waals surface area contributed by atoms with Crippen LogP contribution in [0, 0.1) is 6.92 Å². The highest BCUT2D eigenvalue weighted by atomic mass is 32.2. The van der Waals surface area contributed by atoms with Crippen molar-refractivity contribution in [1.29, 1.82) is 0 Å². The summed E-state index contributed by atoms with van der Waals surface area (Å²) in [7, 11) is 0. The molecule has 4 aromatic rings. The van der Waals surface area contributed by atoms with Crippen LogP contribution >= 0.6 is 11.8 Å². The number of thioether (sulfide) groups is 1. The number of hydrogen-bond donors (Lipinski definition) is 1. The summed E-state index contributed by atoms with van der Waals surface area (Å²) in [5.41, 5.74) is 4.66. The molecule has 1 aliphatic heterocycles. The number of amidine groups is 1. The predicted molar refractivity (Wildman–Crippen MR) is 165 cm³/mol. The van der Waals surface area contributed by atoms with Crippen LogP contribution in [0.15, 0.2) is 78.0 Å². The Hall–Kier alpha value is -4.91. The summed E-state index contributed by atoms with van der Waals surface area (Å²) < 4.78 is 42.4. The highest BCUT2D eigenvalue weighted by Crippen LogP contribution is 2.31. The number of aromatic nitrogens is 3. The van der Waals surface area contributed by atoms with Gasteiger partial charge in [-0.2, -0.15) is 4.99 Å². The number of hydrogen-bond acceptors (Lipinski definition) is 6. The second-order valence-electron chi connectivity index (χ2n) is 9.77. The Bertz CT molecular complexity index is 1720. The van der Waals surface area contributed by atoms with Crippen molar-refractivity contribution in [3.8, 4) is 11.4 Å². The van der Waals surface area contributed by atoms with Crippen LogP contribution in [0.1, 0.15) is 35.9 Å². The number of benzene rings is 3. The summed E-state index contributed by atoms with van der Waals surface area (Å²) >= 11 is 1.23. The number of halogens is 3. The van der Waals surface area contributed by atoms with Crippen molar-refractivity contribution >= 4 is 52.4 Å². The molecule has 226 valence electrons. The number of amides is 3. The van der Waals surface area contributed by atoms with Crippen LogP contribution in [0.4, 0.5) is 29.3 Å². The number of rotatable bonds is 8. The molecule has 1 fully saturated rings. The normalized spacial score (nSPS) is 14.5. The molecule has 0 bridgehead atoms. The topological polar surface area (TPSA) is 102 Å². The van der Waals surface area contributed by atoms with Crippen molar-refractivity contribution in [3.63, 3.8) is 0 Å². The van der Waals surface area contributed by atoms with Gasteiger partial charge in [0.15, 0.2) is 11.0 Å². The first-order valence-corrected chi connectivity index (χ1v) is 14.6. The van der Waals surface area contributed by atoms with E-state index in [-0.39, 0.29) is 17.4 Å². The fourth-order valence-corrected chi connectivity index (χ4v) is 5.27. The van der Waals surface area contributed by atoms with Gasteiger partial charge in [-0.05, 0) is 78.6 Å². The Morgan fingerprint density at radius 3 is 2.55 bits per heavy atom. The minimum absolute atomic E-state index is 0.117. The number of urea groups is 1. The van der Waals surface area contributed by atoms with Crippen LogP contribution in [0.3, 0.4) is 0 Å². The third-order valence-electron chi connectivity index (χ3n) is 6.39. The average Bonchev–Trinajstić information content (AvgIpc) is 3.60. The number of carbonyl (C=O) groups excluding carboxylic acids is 2. The van der Waals surface area contributed by atoms with Crippen molar-refractivity contribution in [2.45, 2.75) is 33.1 Å². The summed E-state index contributed by atoms with van der Waals surface area (Å²) in [4.78, 5) is 35.5. The molecule has 1 saturated heterocycles. The number of aliphatic imine (C=N–C) groups is 1. The predicted octanol–water partition coefficient (Wildman–Crippen LogP) is 7.27. The molecule has 9 nitrogen and oxygen atoms in total. The molecule has 0 unspecified atom stereocenters. The van der Waals surface area contributed by atoms with Crippen molar-refractivity contribution in [2.24, 2.45) is 4.99 Å². The number of ether oxygens (including phenoxy) is 1. The molecule has 0 aliphatic carbocycles. The van der Waals surface area contributed by atoms with E-state index in [9.17, 15) is 22.8 Å². The first-order chi connectivity index (χ1) is 21.1. The van der Waals surface area contributed by atoms with Crippen LogP contribution in [-0.4, -0.2) is 44.0 Å². The maximum absolute atomic E-state index is 12.8.